The predicted octanol–water partition coefficient (Wildman–Crippen LogP) is 1.43. The summed E-state index contributed by atoms with van der Waals surface area (Å²) in [5.74, 6) is 0.486. The second-order valence-corrected chi connectivity index (χ2v) is 3.10. The van der Waals surface area contributed by atoms with Crippen LogP contribution in [0, 0.1) is 5.92 Å². The quantitative estimate of drug-likeness (QED) is 0.650. The van der Waals surface area contributed by atoms with E-state index in [2.05, 4.69) is 13.8 Å². The Kier molecular flexibility index (Phi) is 4.65. The van der Waals surface area contributed by atoms with Gasteiger partial charge >= 0.3 is 0 Å². The fourth-order valence-corrected chi connectivity index (χ4v) is 0.977. The Hall–Kier alpha value is -0.0800. The Bertz CT molecular complexity index is 79.3. The molecule has 0 aromatic rings. The van der Waals surface area contributed by atoms with Crippen molar-refractivity contribution < 1.29 is 9.84 Å². The minimum Gasteiger partial charge on any atom is -0.393 e. The van der Waals surface area contributed by atoms with E-state index in [1.807, 2.05) is 0 Å². The molecule has 0 saturated heterocycles. The van der Waals surface area contributed by atoms with Crippen molar-refractivity contribution in [2.75, 3.05) is 7.11 Å². The summed E-state index contributed by atoms with van der Waals surface area (Å²) >= 11 is 0. The van der Waals surface area contributed by atoms with Gasteiger partial charge in [-0.1, -0.05) is 13.8 Å². The van der Waals surface area contributed by atoms with Crippen LogP contribution in [0.1, 0.15) is 27.2 Å². The summed E-state index contributed by atoms with van der Waals surface area (Å²) < 4.78 is 5.16. The van der Waals surface area contributed by atoms with Crippen LogP contribution >= 0.6 is 0 Å². The lowest BCUT2D eigenvalue weighted by Gasteiger charge is -2.20. The summed E-state index contributed by atoms with van der Waals surface area (Å²) in [7, 11) is 1.69. The molecule has 0 aliphatic carbocycles. The van der Waals surface area contributed by atoms with E-state index in [-0.39, 0.29) is 12.2 Å². The SMILES string of the molecule is COC(CC(C)O)C(C)C. The molecule has 10 heavy (non-hydrogen) atoms. The smallest absolute Gasteiger partial charge is 0.0618 e. The first kappa shape index (κ1) is 9.92. The molecule has 2 unspecified atom stereocenters. The van der Waals surface area contributed by atoms with Crippen LogP contribution in [0.25, 0.3) is 0 Å². The number of ether oxygens (including phenoxy) is 1. The topological polar surface area (TPSA) is 29.5 Å². The Morgan fingerprint density at radius 2 is 1.80 bits per heavy atom. The van der Waals surface area contributed by atoms with Crippen molar-refractivity contribution in [1.82, 2.24) is 0 Å². The molecule has 0 rings (SSSR count). The van der Waals surface area contributed by atoms with Gasteiger partial charge in [0.1, 0.15) is 0 Å². The molecule has 0 heterocycles. The molecular formula is C8H18O2. The molecule has 0 aliphatic heterocycles. The van der Waals surface area contributed by atoms with Gasteiger partial charge in [0.2, 0.25) is 0 Å². The number of rotatable bonds is 4. The summed E-state index contributed by atoms with van der Waals surface area (Å²) in [6, 6.07) is 0. The first-order chi connectivity index (χ1) is 4.57. The molecule has 0 aliphatic rings. The molecule has 2 atom stereocenters. The Morgan fingerprint density at radius 1 is 1.30 bits per heavy atom. The lowest BCUT2D eigenvalue weighted by atomic mass is 10.0. The molecule has 2 nitrogen and oxygen atoms in total. The van der Waals surface area contributed by atoms with Gasteiger partial charge in [-0.25, -0.2) is 0 Å². The fourth-order valence-electron chi connectivity index (χ4n) is 0.977. The van der Waals surface area contributed by atoms with Crippen LogP contribution < -0.4 is 0 Å². The zero-order valence-corrected chi connectivity index (χ0v) is 7.29. The van der Waals surface area contributed by atoms with Gasteiger partial charge in [0, 0.05) is 7.11 Å². The van der Waals surface area contributed by atoms with Crippen molar-refractivity contribution in [1.29, 1.82) is 0 Å². The molecule has 0 bridgehead atoms. The molecule has 0 saturated carbocycles. The molecule has 0 amide bonds. The van der Waals surface area contributed by atoms with Gasteiger partial charge in [0.15, 0.2) is 0 Å². The highest BCUT2D eigenvalue weighted by Crippen LogP contribution is 2.11. The van der Waals surface area contributed by atoms with Gasteiger partial charge in [-0.2, -0.15) is 0 Å². The Balaban J connectivity index is 3.60. The Labute approximate surface area is 63.2 Å². The van der Waals surface area contributed by atoms with Crippen molar-refractivity contribution in [3.8, 4) is 0 Å². The third-order valence-corrected chi connectivity index (χ3v) is 1.62. The van der Waals surface area contributed by atoms with Gasteiger partial charge in [-0.3, -0.25) is 0 Å². The molecule has 0 aromatic carbocycles. The van der Waals surface area contributed by atoms with Crippen molar-refractivity contribution >= 4 is 0 Å². The lowest BCUT2D eigenvalue weighted by molar-refractivity contribution is 0.0230. The minimum atomic E-state index is -0.257. The van der Waals surface area contributed by atoms with Crippen LogP contribution in [0.3, 0.4) is 0 Å². The Morgan fingerprint density at radius 3 is 1.90 bits per heavy atom. The zero-order chi connectivity index (χ0) is 8.15. The molecule has 2 heteroatoms. The van der Waals surface area contributed by atoms with Crippen LogP contribution in [-0.2, 0) is 4.74 Å². The van der Waals surface area contributed by atoms with Crippen molar-refractivity contribution in [3.05, 3.63) is 0 Å². The predicted molar refractivity (Wildman–Crippen MR) is 41.9 cm³/mol. The number of aliphatic hydroxyl groups is 1. The van der Waals surface area contributed by atoms with E-state index in [1.165, 1.54) is 0 Å². The maximum atomic E-state index is 9.02. The maximum Gasteiger partial charge on any atom is 0.0618 e. The lowest BCUT2D eigenvalue weighted by Crippen LogP contribution is -2.22. The van der Waals surface area contributed by atoms with E-state index in [0.29, 0.717) is 5.92 Å². The normalized spacial score (nSPS) is 17.4. The summed E-state index contributed by atoms with van der Waals surface area (Å²) in [4.78, 5) is 0. The third kappa shape index (κ3) is 3.85. The van der Waals surface area contributed by atoms with Crippen molar-refractivity contribution in [2.24, 2.45) is 5.92 Å². The molecule has 62 valence electrons. The monoisotopic (exact) mass is 146 g/mol. The van der Waals surface area contributed by atoms with Gasteiger partial charge in [-0.05, 0) is 19.3 Å². The van der Waals surface area contributed by atoms with E-state index >= 15 is 0 Å². The van der Waals surface area contributed by atoms with Crippen molar-refractivity contribution in [3.63, 3.8) is 0 Å². The molecule has 0 aromatic heterocycles. The van der Waals surface area contributed by atoms with Crippen LogP contribution in [0.5, 0.6) is 0 Å². The highest BCUT2D eigenvalue weighted by atomic mass is 16.5. The third-order valence-electron chi connectivity index (χ3n) is 1.62. The van der Waals surface area contributed by atoms with E-state index in [4.69, 9.17) is 9.84 Å². The number of methoxy groups -OCH3 is 1. The van der Waals surface area contributed by atoms with Crippen LogP contribution in [0.4, 0.5) is 0 Å². The van der Waals surface area contributed by atoms with Crippen LogP contribution in [0.2, 0.25) is 0 Å². The van der Waals surface area contributed by atoms with Gasteiger partial charge < -0.3 is 9.84 Å². The molecule has 0 radical (unpaired) electrons. The molecular weight excluding hydrogens is 128 g/mol. The summed E-state index contributed by atoms with van der Waals surface area (Å²) in [5, 5.41) is 9.02. The van der Waals surface area contributed by atoms with Crippen LogP contribution in [-0.4, -0.2) is 24.4 Å². The molecule has 1 N–H and O–H groups in total. The second-order valence-electron chi connectivity index (χ2n) is 3.10. The summed E-state index contributed by atoms with van der Waals surface area (Å²) in [5.41, 5.74) is 0. The van der Waals surface area contributed by atoms with Crippen molar-refractivity contribution in [2.45, 2.75) is 39.4 Å². The first-order valence-corrected chi connectivity index (χ1v) is 3.78. The van der Waals surface area contributed by atoms with E-state index in [1.54, 1.807) is 14.0 Å². The van der Waals surface area contributed by atoms with Gasteiger partial charge in [0.05, 0.1) is 12.2 Å². The highest BCUT2D eigenvalue weighted by Gasteiger charge is 2.13. The second kappa shape index (κ2) is 4.69. The van der Waals surface area contributed by atoms with E-state index in [0.717, 1.165) is 6.42 Å². The molecule has 0 fully saturated rings. The van der Waals surface area contributed by atoms with Gasteiger partial charge in [-0.15, -0.1) is 0 Å². The summed E-state index contributed by atoms with van der Waals surface area (Å²) in [6.07, 6.45) is 0.668. The first-order valence-electron chi connectivity index (χ1n) is 3.78. The highest BCUT2D eigenvalue weighted by molar-refractivity contribution is 4.64. The van der Waals surface area contributed by atoms with E-state index < -0.39 is 0 Å². The zero-order valence-electron chi connectivity index (χ0n) is 7.29. The maximum absolute atomic E-state index is 9.02. The molecule has 0 spiro atoms. The van der Waals surface area contributed by atoms with E-state index in [9.17, 15) is 0 Å². The number of hydrogen-bond acceptors (Lipinski definition) is 2. The van der Waals surface area contributed by atoms with Gasteiger partial charge in [0.25, 0.3) is 0 Å². The minimum absolute atomic E-state index is 0.194. The standard InChI is InChI=1S/C8H18O2/c1-6(2)8(10-4)5-7(3)9/h6-9H,5H2,1-4H3. The summed E-state index contributed by atoms with van der Waals surface area (Å²) in [6.45, 7) is 5.97. The largest absolute Gasteiger partial charge is 0.393 e. The number of hydrogen-bond donors (Lipinski definition) is 1. The fraction of sp³-hybridized carbons (Fsp3) is 1.00. The number of aliphatic hydroxyl groups excluding tert-OH is 1. The average molecular weight is 146 g/mol. The van der Waals surface area contributed by atoms with Crippen LogP contribution in [0.15, 0.2) is 0 Å². The average Bonchev–Trinajstić information content (AvgIpc) is 1.81.